The summed E-state index contributed by atoms with van der Waals surface area (Å²) in [5.41, 5.74) is 0.223. The molecule has 1 aliphatic rings. The Morgan fingerprint density at radius 3 is 2.50 bits per heavy atom. The summed E-state index contributed by atoms with van der Waals surface area (Å²) in [5, 5.41) is 9.92. The van der Waals surface area contributed by atoms with E-state index in [1.165, 1.54) is 0 Å². The number of ether oxygens (including phenoxy) is 1. The van der Waals surface area contributed by atoms with E-state index >= 15 is 0 Å². The van der Waals surface area contributed by atoms with Gasteiger partial charge in [0.2, 0.25) is 0 Å². The van der Waals surface area contributed by atoms with Crippen LogP contribution in [0.15, 0.2) is 30.3 Å². The zero-order valence-corrected chi connectivity index (χ0v) is 13.6. The lowest BCUT2D eigenvalue weighted by Crippen LogP contribution is -2.42. The van der Waals surface area contributed by atoms with Crippen LogP contribution in [0.1, 0.15) is 51.5 Å². The number of rotatable bonds is 6. The molecule has 0 aliphatic heterocycles. The SMILES string of the molecule is CC(C)(O)CCN(C(=O)OCc1ccccc1)C1CCCC1. The fraction of sp³-hybridized carbons (Fsp3) is 0.611. The molecule has 0 atom stereocenters. The summed E-state index contributed by atoms with van der Waals surface area (Å²) in [6.07, 6.45) is 4.69. The fourth-order valence-corrected chi connectivity index (χ4v) is 2.84. The van der Waals surface area contributed by atoms with Gasteiger partial charge in [-0.25, -0.2) is 4.79 Å². The van der Waals surface area contributed by atoms with Crippen LogP contribution in [-0.4, -0.2) is 34.3 Å². The van der Waals surface area contributed by atoms with Gasteiger partial charge in [0.05, 0.1) is 5.60 Å². The molecule has 2 rings (SSSR count). The fourth-order valence-electron chi connectivity index (χ4n) is 2.84. The van der Waals surface area contributed by atoms with E-state index in [1.807, 2.05) is 35.2 Å². The molecule has 0 radical (unpaired) electrons. The number of carbonyl (C=O) groups excluding carboxylic acids is 1. The van der Waals surface area contributed by atoms with Crippen molar-refractivity contribution in [3.8, 4) is 0 Å². The van der Waals surface area contributed by atoms with Crippen LogP contribution < -0.4 is 0 Å². The molecule has 0 bridgehead atoms. The Balaban J connectivity index is 1.92. The van der Waals surface area contributed by atoms with Crippen LogP contribution in [0.25, 0.3) is 0 Å². The monoisotopic (exact) mass is 305 g/mol. The summed E-state index contributed by atoms with van der Waals surface area (Å²) in [7, 11) is 0. The third kappa shape index (κ3) is 5.34. The Morgan fingerprint density at radius 2 is 1.91 bits per heavy atom. The maximum atomic E-state index is 12.4. The average molecular weight is 305 g/mol. The van der Waals surface area contributed by atoms with E-state index in [4.69, 9.17) is 4.74 Å². The second-order valence-electron chi connectivity index (χ2n) is 6.73. The van der Waals surface area contributed by atoms with Gasteiger partial charge in [0.15, 0.2) is 0 Å². The normalized spacial score (nSPS) is 15.8. The van der Waals surface area contributed by atoms with Gasteiger partial charge in [-0.3, -0.25) is 0 Å². The van der Waals surface area contributed by atoms with Gasteiger partial charge in [-0.2, -0.15) is 0 Å². The lowest BCUT2D eigenvalue weighted by molar-refractivity contribution is 0.0415. The first-order chi connectivity index (χ1) is 10.5. The van der Waals surface area contributed by atoms with Gasteiger partial charge in [0.25, 0.3) is 0 Å². The first kappa shape index (κ1) is 16.8. The molecule has 1 N–H and O–H groups in total. The largest absolute Gasteiger partial charge is 0.445 e. The molecule has 4 nitrogen and oxygen atoms in total. The Morgan fingerprint density at radius 1 is 1.27 bits per heavy atom. The van der Waals surface area contributed by atoms with E-state index in [2.05, 4.69) is 0 Å². The summed E-state index contributed by atoms with van der Waals surface area (Å²) in [6, 6.07) is 9.97. The average Bonchev–Trinajstić information content (AvgIpc) is 2.99. The number of aliphatic hydroxyl groups is 1. The second kappa shape index (κ2) is 7.63. The molecule has 0 saturated heterocycles. The summed E-state index contributed by atoms with van der Waals surface area (Å²) in [6.45, 7) is 4.39. The van der Waals surface area contributed by atoms with E-state index in [0.29, 0.717) is 19.6 Å². The standard InChI is InChI=1S/C18H27NO3/c1-18(2,21)12-13-19(16-10-6-7-11-16)17(20)22-14-15-8-4-3-5-9-15/h3-5,8-9,16,21H,6-7,10-14H2,1-2H3. The van der Waals surface area contributed by atoms with E-state index in [1.54, 1.807) is 13.8 Å². The number of hydrogen-bond acceptors (Lipinski definition) is 3. The minimum Gasteiger partial charge on any atom is -0.445 e. The van der Waals surface area contributed by atoms with Gasteiger partial charge in [-0.15, -0.1) is 0 Å². The highest BCUT2D eigenvalue weighted by Crippen LogP contribution is 2.25. The van der Waals surface area contributed by atoms with E-state index in [9.17, 15) is 9.90 Å². The van der Waals surface area contributed by atoms with Crippen molar-refractivity contribution < 1.29 is 14.6 Å². The zero-order valence-electron chi connectivity index (χ0n) is 13.6. The van der Waals surface area contributed by atoms with Crippen molar-refractivity contribution in [3.63, 3.8) is 0 Å². The zero-order chi connectivity index (χ0) is 16.0. The van der Waals surface area contributed by atoms with Crippen LogP contribution in [0.3, 0.4) is 0 Å². The number of benzene rings is 1. The molecule has 1 saturated carbocycles. The molecule has 0 unspecified atom stereocenters. The maximum Gasteiger partial charge on any atom is 0.410 e. The van der Waals surface area contributed by atoms with Gasteiger partial charge in [-0.05, 0) is 38.7 Å². The predicted octanol–water partition coefficient (Wildman–Crippen LogP) is 3.73. The lowest BCUT2D eigenvalue weighted by atomic mass is 10.0. The number of amides is 1. The van der Waals surface area contributed by atoms with Crippen LogP contribution in [0, 0.1) is 0 Å². The minimum atomic E-state index is -0.767. The highest BCUT2D eigenvalue weighted by Gasteiger charge is 2.29. The van der Waals surface area contributed by atoms with Crippen molar-refractivity contribution in [2.24, 2.45) is 0 Å². The molecule has 1 aromatic carbocycles. The van der Waals surface area contributed by atoms with E-state index in [0.717, 1.165) is 31.2 Å². The molecule has 1 aliphatic carbocycles. The molecular weight excluding hydrogens is 278 g/mol. The lowest BCUT2D eigenvalue weighted by Gasteiger charge is -2.30. The number of hydrogen-bond donors (Lipinski definition) is 1. The summed E-state index contributed by atoms with van der Waals surface area (Å²) in [5.74, 6) is 0. The van der Waals surface area contributed by atoms with Crippen molar-refractivity contribution in [2.75, 3.05) is 6.54 Å². The molecular formula is C18H27NO3. The Bertz CT molecular complexity index is 461. The highest BCUT2D eigenvalue weighted by molar-refractivity contribution is 5.68. The molecule has 0 aromatic heterocycles. The third-order valence-corrected chi connectivity index (χ3v) is 4.17. The summed E-state index contributed by atoms with van der Waals surface area (Å²) in [4.78, 5) is 14.3. The topological polar surface area (TPSA) is 49.8 Å². The van der Waals surface area contributed by atoms with E-state index in [-0.39, 0.29) is 12.1 Å². The van der Waals surface area contributed by atoms with Crippen molar-refractivity contribution >= 4 is 6.09 Å². The first-order valence-corrected chi connectivity index (χ1v) is 8.15. The molecule has 4 heteroatoms. The molecule has 122 valence electrons. The Hall–Kier alpha value is -1.55. The quantitative estimate of drug-likeness (QED) is 0.871. The van der Waals surface area contributed by atoms with Crippen molar-refractivity contribution in [1.29, 1.82) is 0 Å². The second-order valence-corrected chi connectivity index (χ2v) is 6.73. The summed E-state index contributed by atoms with van der Waals surface area (Å²) < 4.78 is 5.47. The van der Waals surface area contributed by atoms with Crippen LogP contribution in [0.2, 0.25) is 0 Å². The van der Waals surface area contributed by atoms with Crippen LogP contribution in [0.4, 0.5) is 4.79 Å². The predicted molar refractivity (Wildman–Crippen MR) is 86.5 cm³/mol. The minimum absolute atomic E-state index is 0.255. The van der Waals surface area contributed by atoms with Crippen molar-refractivity contribution in [2.45, 2.75) is 64.2 Å². The molecule has 22 heavy (non-hydrogen) atoms. The van der Waals surface area contributed by atoms with Crippen LogP contribution in [0.5, 0.6) is 0 Å². The first-order valence-electron chi connectivity index (χ1n) is 8.15. The van der Waals surface area contributed by atoms with Gasteiger partial charge in [0, 0.05) is 12.6 Å². The van der Waals surface area contributed by atoms with Gasteiger partial charge in [0.1, 0.15) is 6.61 Å². The van der Waals surface area contributed by atoms with Crippen LogP contribution in [-0.2, 0) is 11.3 Å². The van der Waals surface area contributed by atoms with Crippen molar-refractivity contribution in [1.82, 2.24) is 4.90 Å². The highest BCUT2D eigenvalue weighted by atomic mass is 16.6. The smallest absolute Gasteiger partial charge is 0.410 e. The Labute approximate surface area is 133 Å². The molecule has 0 heterocycles. The Kier molecular flexibility index (Phi) is 5.83. The number of carbonyl (C=O) groups is 1. The van der Waals surface area contributed by atoms with Crippen molar-refractivity contribution in [3.05, 3.63) is 35.9 Å². The van der Waals surface area contributed by atoms with Crippen LogP contribution >= 0.6 is 0 Å². The van der Waals surface area contributed by atoms with Gasteiger partial charge < -0.3 is 14.7 Å². The molecule has 1 amide bonds. The summed E-state index contributed by atoms with van der Waals surface area (Å²) >= 11 is 0. The van der Waals surface area contributed by atoms with E-state index < -0.39 is 5.60 Å². The third-order valence-electron chi connectivity index (χ3n) is 4.17. The maximum absolute atomic E-state index is 12.4. The molecule has 1 aromatic rings. The van der Waals surface area contributed by atoms with Gasteiger partial charge >= 0.3 is 6.09 Å². The number of nitrogens with zero attached hydrogens (tertiary/aromatic N) is 1. The molecule has 1 fully saturated rings. The van der Waals surface area contributed by atoms with Gasteiger partial charge in [-0.1, -0.05) is 43.2 Å². The molecule has 0 spiro atoms.